The van der Waals surface area contributed by atoms with Gasteiger partial charge in [-0.3, -0.25) is 28.8 Å². The number of carbonyl (C=O) groups is 8. The summed E-state index contributed by atoms with van der Waals surface area (Å²) in [5, 5.41) is 23.5. The van der Waals surface area contributed by atoms with E-state index in [0.717, 1.165) is 103 Å². The molecule has 6 aliphatic rings. The minimum atomic E-state index is -1.10. The van der Waals surface area contributed by atoms with E-state index < -0.39 is 82.4 Å². The van der Waals surface area contributed by atoms with Crippen LogP contribution >= 0.6 is 17.0 Å². The maximum atomic E-state index is 14.1. The van der Waals surface area contributed by atoms with Gasteiger partial charge in [-0.05, 0) is 187 Å². The summed E-state index contributed by atoms with van der Waals surface area (Å²) in [7, 11) is 0. The minimum absolute atomic E-state index is 0. The van der Waals surface area contributed by atoms with Gasteiger partial charge in [-0.1, -0.05) is 265 Å². The predicted octanol–water partition coefficient (Wildman–Crippen LogP) is 16.2. The van der Waals surface area contributed by atoms with Crippen molar-refractivity contribution in [1.82, 2.24) is 41.5 Å². The SMILES string of the molecule is Br.C/C=C1\C2C=C(C)CC1(N)c1ccc(=O)[nH]c1C2.C/C=C1\C2C=C(C)CC1(NC(=O)C(Cc1ccccc1)NC(=O)OCc1ccccc1)c1ccc(=O)[nH]c1C2.C/C=C1\C2C=C(C)CC1(NC(=O)C(N)Cc1ccccc1)c1ccc(=O)[nH]c1C2.CC(C)(C)C(=O)OC(=O)C(Cc1ccccc1)NC(=O)OCc1ccccc1.O=C(NC(Cc1ccccc1)C(=O)O)OCc1ccccc1. The first-order valence-corrected chi connectivity index (χ1v) is 45.7. The Labute approximate surface area is 808 Å². The van der Waals surface area contributed by atoms with Crippen molar-refractivity contribution in [3.8, 4) is 0 Å². The lowest BCUT2D eigenvalue weighted by molar-refractivity contribution is -0.167. The smallest absolute Gasteiger partial charge is 0.408 e. The molecule has 6 bridgehead atoms. The summed E-state index contributed by atoms with van der Waals surface area (Å²) in [6.45, 7) is 17.6. The normalized spacial score (nSPS) is 19.9. The van der Waals surface area contributed by atoms with Crippen LogP contribution in [0.15, 0.2) is 333 Å². The third-order valence-electron chi connectivity index (χ3n) is 24.8. The highest BCUT2D eigenvalue weighted by Gasteiger charge is 2.51. The number of aliphatic carboxylic acids is 1. The molecule has 7 aromatic carbocycles. The topological polar surface area (TPSA) is 404 Å². The highest BCUT2D eigenvalue weighted by atomic mass is 79.9. The Kier molecular flexibility index (Phi) is 35.9. The highest BCUT2D eigenvalue weighted by molar-refractivity contribution is 8.93. The molecule has 26 nitrogen and oxygen atoms in total. The molecule has 714 valence electrons. The number of benzene rings is 7. The Morgan fingerprint density at radius 1 is 0.409 bits per heavy atom. The van der Waals surface area contributed by atoms with E-state index in [1.807, 2.05) is 244 Å². The number of nitrogens with one attached hydrogen (secondary N) is 8. The van der Waals surface area contributed by atoms with Gasteiger partial charge in [0.1, 0.15) is 37.9 Å². The summed E-state index contributed by atoms with van der Waals surface area (Å²) in [6.07, 6.45) is 16.4. The summed E-state index contributed by atoms with van der Waals surface area (Å²) in [6, 6.07) is 72.0. The molecular formula is C110H121BrN10O16. The van der Waals surface area contributed by atoms with Crippen LogP contribution in [0.25, 0.3) is 0 Å². The maximum Gasteiger partial charge on any atom is 0.408 e. The zero-order valence-corrected chi connectivity index (χ0v) is 80.2. The number of nitrogens with two attached hydrogens (primary N) is 2. The van der Waals surface area contributed by atoms with Crippen molar-refractivity contribution in [3.63, 3.8) is 0 Å². The van der Waals surface area contributed by atoms with Crippen molar-refractivity contribution in [3.05, 3.63) is 422 Å². The van der Waals surface area contributed by atoms with Crippen molar-refractivity contribution in [2.24, 2.45) is 34.6 Å². The number of allylic oxidation sites excluding steroid dienone is 6. The van der Waals surface area contributed by atoms with Crippen molar-refractivity contribution >= 4 is 65.0 Å². The summed E-state index contributed by atoms with van der Waals surface area (Å²) in [5.41, 5.74) is 28.9. The number of aromatic nitrogens is 3. The Morgan fingerprint density at radius 3 is 1.07 bits per heavy atom. The Morgan fingerprint density at radius 2 is 0.708 bits per heavy atom. The summed E-state index contributed by atoms with van der Waals surface area (Å²) in [4.78, 5) is 144. The van der Waals surface area contributed by atoms with E-state index in [4.69, 9.17) is 30.4 Å². The van der Waals surface area contributed by atoms with E-state index in [0.29, 0.717) is 38.0 Å². The van der Waals surface area contributed by atoms with Gasteiger partial charge in [0.2, 0.25) is 28.5 Å². The molecule has 5 amide bonds. The van der Waals surface area contributed by atoms with E-state index in [2.05, 4.69) is 106 Å². The zero-order valence-electron chi connectivity index (χ0n) is 78.5. The molecule has 3 heterocycles. The fourth-order valence-electron chi connectivity index (χ4n) is 18.7. The number of hydrogen-bond donors (Lipinski definition) is 11. The summed E-state index contributed by atoms with van der Waals surface area (Å²) in [5.74, 6) is -2.52. The highest BCUT2D eigenvalue weighted by Crippen LogP contribution is 2.52. The number of H-pyrrole nitrogens is 3. The number of pyridine rings is 3. The first kappa shape index (κ1) is 103. The average Bonchev–Trinajstić information content (AvgIpc) is 0.729. The van der Waals surface area contributed by atoms with Crippen LogP contribution in [0.5, 0.6) is 0 Å². The van der Waals surface area contributed by atoms with E-state index >= 15 is 0 Å². The Bertz CT molecular complexity index is 6300. The first-order valence-electron chi connectivity index (χ1n) is 45.7. The van der Waals surface area contributed by atoms with Crippen LogP contribution in [0, 0.1) is 23.2 Å². The van der Waals surface area contributed by atoms with Crippen molar-refractivity contribution in [1.29, 1.82) is 0 Å². The van der Waals surface area contributed by atoms with Crippen LogP contribution in [-0.4, -0.2) is 92.2 Å². The van der Waals surface area contributed by atoms with Gasteiger partial charge in [0.05, 0.1) is 28.1 Å². The van der Waals surface area contributed by atoms with Crippen molar-refractivity contribution in [2.75, 3.05) is 0 Å². The molecule has 27 heteroatoms. The fraction of sp³-hybridized carbons (Fsp3) is 0.300. The lowest BCUT2D eigenvalue weighted by Gasteiger charge is -2.48. The van der Waals surface area contributed by atoms with Gasteiger partial charge < -0.3 is 77.1 Å². The van der Waals surface area contributed by atoms with Crippen LogP contribution in [0.3, 0.4) is 0 Å². The number of carbonyl (C=O) groups excluding carboxylic acids is 7. The number of halogens is 1. The molecule has 0 fully saturated rings. The number of carboxylic acid groups (broad SMARTS) is 1. The van der Waals surface area contributed by atoms with Gasteiger partial charge in [-0.25, -0.2) is 24.0 Å². The lowest BCUT2D eigenvalue weighted by atomic mass is 9.63. The minimum Gasteiger partial charge on any atom is -0.480 e. The number of amides is 5. The second kappa shape index (κ2) is 47.7. The Balaban J connectivity index is 0.000000168. The largest absolute Gasteiger partial charge is 0.480 e. The summed E-state index contributed by atoms with van der Waals surface area (Å²) < 4.78 is 20.6. The second-order valence-corrected chi connectivity index (χ2v) is 36.1. The molecule has 3 aromatic heterocycles. The van der Waals surface area contributed by atoms with Crippen molar-refractivity contribution in [2.45, 2.75) is 187 Å². The second-order valence-electron chi connectivity index (χ2n) is 36.1. The van der Waals surface area contributed by atoms with E-state index in [1.54, 1.807) is 26.8 Å². The molecule has 16 rings (SSSR count). The van der Waals surface area contributed by atoms with E-state index in [9.17, 15) is 57.8 Å². The molecule has 10 unspecified atom stereocenters. The van der Waals surface area contributed by atoms with Crippen molar-refractivity contribution < 1.29 is 62.4 Å². The van der Waals surface area contributed by atoms with Crippen LogP contribution < -0.4 is 54.7 Å². The number of ether oxygens (including phenoxy) is 4. The molecule has 0 saturated carbocycles. The van der Waals surface area contributed by atoms with Crippen LogP contribution in [-0.2, 0) is 124 Å². The third-order valence-corrected chi connectivity index (χ3v) is 24.8. The number of carboxylic acids is 1. The fourth-order valence-corrected chi connectivity index (χ4v) is 18.7. The monoisotopic (exact) mass is 1920 g/mol. The molecule has 0 radical (unpaired) electrons. The average molecular weight is 1920 g/mol. The van der Waals surface area contributed by atoms with Gasteiger partial charge in [0, 0.05) is 83.4 Å². The van der Waals surface area contributed by atoms with Gasteiger partial charge in [-0.15, -0.1) is 17.0 Å². The quantitative estimate of drug-likeness (QED) is 0.0123. The van der Waals surface area contributed by atoms with Gasteiger partial charge in [0.25, 0.3) is 0 Å². The van der Waals surface area contributed by atoms with Gasteiger partial charge in [0.15, 0.2) is 0 Å². The molecule has 0 spiro atoms. The van der Waals surface area contributed by atoms with Gasteiger partial charge in [-0.2, -0.15) is 0 Å². The molecule has 0 aliphatic heterocycles. The number of hydrogen-bond acceptors (Lipinski definition) is 17. The molecular weight excluding hydrogens is 1800 g/mol. The predicted molar refractivity (Wildman–Crippen MR) is 532 cm³/mol. The third kappa shape index (κ3) is 27.3. The number of rotatable bonds is 23. The zero-order chi connectivity index (χ0) is 97.3. The molecule has 10 aromatic rings. The van der Waals surface area contributed by atoms with Crippen LogP contribution in [0.4, 0.5) is 14.4 Å². The number of fused-ring (bicyclic) bond motifs is 12. The summed E-state index contributed by atoms with van der Waals surface area (Å²) >= 11 is 0. The number of esters is 2. The lowest BCUT2D eigenvalue weighted by Crippen LogP contribution is -2.58. The van der Waals surface area contributed by atoms with E-state index in [-0.39, 0.29) is 90.0 Å². The van der Waals surface area contributed by atoms with Gasteiger partial charge >= 0.3 is 36.2 Å². The first-order chi connectivity index (χ1) is 65.2. The molecule has 137 heavy (non-hydrogen) atoms. The molecule has 6 aliphatic carbocycles. The standard InChI is InChI=1S/C32H33N3O4.C24H27N3O2.C22H25NO5.C17H17NO4.C15H18N2O.BrH/c1-3-25-24-16-21(2)19-32(25,26-14-15-29(36)33-27(26)18-24)35-30(37)28(17-22-10-6-4-7-11-22)34-31(38)39-20-23-12-8-5-9-13-23;1-3-18-17-11-15(2)14-24(18,19-9-10-22(28)26-21(19)13-17)27-23(29)20(25)12-16-7-5-4-6-8-16;1-22(2,3)20(25)28-19(24)18(14-16-10-6-4-7-11-16)23-21(26)27-15-17-12-8-5-9-13-17;19-16(20)15(11-13-7-3-1-4-8-13)18-17(21)22-12-14-9-5-2-6-10-14;1-3-11-10-6-9(2)8-15(11,16)12-4-5-14(18)17-13(12)7-10;/h3-16,24,28H,17-20H2,1-2H3,(H,33,36)(H,34,38)(H,35,37);3-11,17,20H,12-14,25H2,1-2H3,(H,26,28)(H,27,29);4-13,18H,14-15H2,1-3H3,(H,23,26);1-10,15H,11-12H2,(H,18,21)(H,19,20);3-6,10H,7-8,16H2,1-2H3,(H,17,18);1H/b25-3+;18-3+;;;11-3+;. The molecule has 10 atom stereocenters. The molecule has 0 saturated heterocycles. The van der Waals surface area contributed by atoms with Crippen LogP contribution in [0.1, 0.15) is 154 Å². The van der Waals surface area contributed by atoms with Crippen LogP contribution in [0.2, 0.25) is 0 Å². The number of aromatic amines is 3. The Hall–Kier alpha value is -14.4. The molecule has 13 N–H and O–H groups in total. The van der Waals surface area contributed by atoms with E-state index in [1.165, 1.54) is 34.4 Å². The maximum absolute atomic E-state index is 14.1. The number of alkyl carbamates (subject to hydrolysis) is 3.